The van der Waals surface area contributed by atoms with Crippen LogP contribution in [0, 0.1) is 0 Å². The third-order valence-electron chi connectivity index (χ3n) is 11.7. The zero-order chi connectivity index (χ0) is 47.5. The molecule has 0 fully saturated rings. The van der Waals surface area contributed by atoms with E-state index in [2.05, 4.69) is 57.0 Å². The first-order valence-corrected chi connectivity index (χ1v) is 30.5. The molecule has 0 unspecified atom stereocenters. The molecule has 0 atom stereocenters. The molecule has 0 aromatic heterocycles. The van der Waals surface area contributed by atoms with Crippen LogP contribution in [0.5, 0.6) is 11.5 Å². The van der Waals surface area contributed by atoms with Crippen LogP contribution in [0.4, 0.5) is 0 Å². The number of hydrogen-bond donors (Lipinski definition) is 0. The summed E-state index contributed by atoms with van der Waals surface area (Å²) < 4.78 is 34.2. The van der Waals surface area contributed by atoms with Gasteiger partial charge >= 0.3 is 17.9 Å². The molecular weight excluding hydrogens is 861 g/mol. The molecule has 0 bridgehead atoms. The van der Waals surface area contributed by atoms with Crippen molar-refractivity contribution in [1.82, 2.24) is 0 Å². The molecule has 0 saturated carbocycles. The predicted octanol–water partition coefficient (Wildman–Crippen LogP) is 14.4. The molecule has 0 amide bonds. The van der Waals surface area contributed by atoms with Crippen molar-refractivity contribution < 1.29 is 42.2 Å². The van der Waals surface area contributed by atoms with Crippen molar-refractivity contribution in [1.29, 1.82) is 0 Å². The second-order valence-electron chi connectivity index (χ2n) is 18.3. The fraction of sp³-hybridized carbons (Fsp3) is 0.473. The van der Waals surface area contributed by atoms with Gasteiger partial charge in [0.15, 0.2) is 16.6 Å². The molecular formula is C55H76O9Si2. The van der Waals surface area contributed by atoms with Gasteiger partial charge in [0.2, 0.25) is 0 Å². The molecule has 0 aliphatic carbocycles. The molecule has 9 nitrogen and oxygen atoms in total. The van der Waals surface area contributed by atoms with Gasteiger partial charge in [0.25, 0.3) is 0 Å². The van der Waals surface area contributed by atoms with Crippen molar-refractivity contribution in [3.05, 3.63) is 121 Å². The second-order valence-corrected chi connectivity index (χ2v) is 27.2. The normalized spacial score (nSPS) is 11.5. The summed E-state index contributed by atoms with van der Waals surface area (Å²) >= 11 is 0. The first-order valence-electron chi connectivity index (χ1n) is 24.3. The van der Waals surface area contributed by atoms with Gasteiger partial charge < -0.3 is 27.8 Å². The molecule has 4 aromatic rings. The fourth-order valence-electron chi connectivity index (χ4n) is 8.01. The van der Waals surface area contributed by atoms with E-state index in [-0.39, 0.29) is 17.9 Å². The van der Waals surface area contributed by atoms with E-state index in [9.17, 15) is 14.4 Å². The van der Waals surface area contributed by atoms with E-state index in [1.165, 1.54) is 64.2 Å². The van der Waals surface area contributed by atoms with Gasteiger partial charge in [0.05, 0.1) is 44.7 Å². The van der Waals surface area contributed by atoms with Crippen LogP contribution in [0.1, 0.15) is 117 Å². The first kappa shape index (κ1) is 53.6. The summed E-state index contributed by atoms with van der Waals surface area (Å²) in [6, 6.07) is 33.5. The average Bonchev–Trinajstić information content (AvgIpc) is 3.32. The number of carbonyl (C=O) groups excluding carboxylic acids is 3. The van der Waals surface area contributed by atoms with Crippen molar-refractivity contribution in [2.24, 2.45) is 0 Å². The summed E-state index contributed by atoms with van der Waals surface area (Å²) in [4.78, 5) is 35.5. The molecule has 11 heteroatoms. The third-order valence-corrected chi connectivity index (χ3v) is 19.2. The van der Waals surface area contributed by atoms with Crippen molar-refractivity contribution in [2.45, 2.75) is 135 Å². The van der Waals surface area contributed by atoms with Gasteiger partial charge in [-0.15, -0.1) is 0 Å². The molecule has 0 N–H and O–H groups in total. The summed E-state index contributed by atoms with van der Waals surface area (Å²) in [7, 11) is -2.04. The fourth-order valence-corrected chi connectivity index (χ4v) is 17.0. The number of unbranched alkanes of at least 4 members (excludes halogenated alkanes) is 12. The van der Waals surface area contributed by atoms with Crippen molar-refractivity contribution >= 4 is 34.5 Å². The Kier molecular flexibility index (Phi) is 24.1. The topological polar surface area (TPSA) is 107 Å². The van der Waals surface area contributed by atoms with Gasteiger partial charge in [-0.05, 0) is 148 Å². The lowest BCUT2D eigenvalue weighted by atomic mass is 9.99. The van der Waals surface area contributed by atoms with Crippen LogP contribution in [0.25, 0.3) is 22.3 Å². The zero-order valence-corrected chi connectivity index (χ0v) is 42.5. The summed E-state index contributed by atoms with van der Waals surface area (Å²) in [6.45, 7) is 15.2. The molecule has 66 heavy (non-hydrogen) atoms. The standard InChI is InChI=1S/C55H76O9Si2/c1-7-53(56)62-41-18-15-14-17-39-60-51-35-37-52(38-36-51)61-40-20-22-44-66(5,6)64-65(3,4)43-21-16-12-10-8-9-11-13-19-42-63-55(58)50-33-29-48(30-34-50)46-25-23-45(24-26-46)47-27-31-49(32-28-47)54(57)59-2/h7,23-38H,1,8-22,39-44H2,2-6H3. The monoisotopic (exact) mass is 937 g/mol. The van der Waals surface area contributed by atoms with E-state index in [1.54, 1.807) is 12.1 Å². The Morgan fingerprint density at radius 1 is 0.439 bits per heavy atom. The number of esters is 3. The average molecular weight is 937 g/mol. The van der Waals surface area contributed by atoms with Gasteiger partial charge in [0.1, 0.15) is 11.5 Å². The summed E-state index contributed by atoms with van der Waals surface area (Å²) in [5, 5.41) is 0. The maximum atomic E-state index is 12.7. The van der Waals surface area contributed by atoms with Gasteiger partial charge in [0, 0.05) is 6.08 Å². The number of benzene rings is 4. The third kappa shape index (κ3) is 21.1. The van der Waals surface area contributed by atoms with Gasteiger partial charge in [-0.1, -0.05) is 113 Å². The second kappa shape index (κ2) is 29.6. The van der Waals surface area contributed by atoms with Crippen LogP contribution in [-0.4, -0.2) is 68.1 Å². The molecule has 0 spiro atoms. The van der Waals surface area contributed by atoms with E-state index < -0.39 is 16.6 Å². The highest BCUT2D eigenvalue weighted by Gasteiger charge is 2.32. The quantitative estimate of drug-likeness (QED) is 0.0152. The number of methoxy groups -OCH3 is 1. The van der Waals surface area contributed by atoms with Gasteiger partial charge in [-0.25, -0.2) is 14.4 Å². The number of ether oxygens (including phenoxy) is 5. The first-order chi connectivity index (χ1) is 31.9. The lowest BCUT2D eigenvalue weighted by Gasteiger charge is -2.34. The highest BCUT2D eigenvalue weighted by atomic mass is 28.4. The minimum Gasteiger partial charge on any atom is -0.494 e. The lowest BCUT2D eigenvalue weighted by molar-refractivity contribution is -0.137. The van der Waals surface area contributed by atoms with Gasteiger partial charge in [-0.2, -0.15) is 0 Å². The van der Waals surface area contributed by atoms with Crippen molar-refractivity contribution in [2.75, 3.05) is 33.5 Å². The molecule has 358 valence electrons. The van der Waals surface area contributed by atoms with Crippen molar-refractivity contribution in [3.8, 4) is 33.8 Å². The predicted molar refractivity (Wildman–Crippen MR) is 272 cm³/mol. The van der Waals surface area contributed by atoms with Crippen molar-refractivity contribution in [3.63, 3.8) is 0 Å². The highest BCUT2D eigenvalue weighted by Crippen LogP contribution is 2.28. The molecule has 4 aromatic carbocycles. The van der Waals surface area contributed by atoms with Crippen LogP contribution in [0.15, 0.2) is 110 Å². The zero-order valence-electron chi connectivity index (χ0n) is 40.5. The number of rotatable bonds is 33. The number of hydrogen-bond acceptors (Lipinski definition) is 9. The Labute approximate surface area is 397 Å². The molecule has 0 saturated heterocycles. The molecule has 0 aliphatic heterocycles. The van der Waals surface area contributed by atoms with Crippen LogP contribution in [-0.2, 0) is 23.1 Å². The maximum Gasteiger partial charge on any atom is 0.338 e. The van der Waals surface area contributed by atoms with E-state index in [4.69, 9.17) is 27.8 Å². The minimum absolute atomic E-state index is 0.273. The Morgan fingerprint density at radius 3 is 1.20 bits per heavy atom. The SMILES string of the molecule is C=CC(=O)OCCCCCCOc1ccc(OCCCC[Si](C)(C)O[Si](C)(C)CCCCCCCCCCCOC(=O)c2ccc(-c3ccc(-c4ccc(C(=O)OC)cc4)cc3)cc2)cc1. The Bertz CT molecular complexity index is 2010. The van der Waals surface area contributed by atoms with E-state index in [0.29, 0.717) is 37.6 Å². The van der Waals surface area contributed by atoms with Crippen LogP contribution in [0.2, 0.25) is 38.3 Å². The largest absolute Gasteiger partial charge is 0.494 e. The summed E-state index contributed by atoms with van der Waals surface area (Å²) in [5.41, 5.74) is 5.25. The molecule has 4 rings (SSSR count). The maximum absolute atomic E-state index is 12.7. The van der Waals surface area contributed by atoms with E-state index >= 15 is 0 Å². The molecule has 0 radical (unpaired) electrons. The van der Waals surface area contributed by atoms with Crippen LogP contribution < -0.4 is 9.47 Å². The molecule has 0 aliphatic rings. The smallest absolute Gasteiger partial charge is 0.338 e. The van der Waals surface area contributed by atoms with Crippen LogP contribution in [0.3, 0.4) is 0 Å². The number of carbonyl (C=O) groups is 3. The summed E-state index contributed by atoms with van der Waals surface area (Å²) in [6.07, 6.45) is 18.0. The summed E-state index contributed by atoms with van der Waals surface area (Å²) in [5.74, 6) is 0.744. The Morgan fingerprint density at radius 2 is 0.773 bits per heavy atom. The lowest BCUT2D eigenvalue weighted by Crippen LogP contribution is -2.44. The van der Waals surface area contributed by atoms with E-state index in [1.807, 2.05) is 60.7 Å². The van der Waals surface area contributed by atoms with Gasteiger partial charge in [-0.3, -0.25) is 0 Å². The Balaban J connectivity index is 0.954. The highest BCUT2D eigenvalue weighted by molar-refractivity contribution is 6.84. The van der Waals surface area contributed by atoms with Crippen LogP contribution >= 0.6 is 0 Å². The molecule has 0 heterocycles. The van der Waals surface area contributed by atoms with E-state index in [0.717, 1.165) is 91.2 Å². The minimum atomic E-state index is -1.73. The Hall–Kier alpha value is -4.98.